The van der Waals surface area contributed by atoms with Gasteiger partial charge in [0.2, 0.25) is 0 Å². The van der Waals surface area contributed by atoms with E-state index in [0.717, 1.165) is 17.7 Å². The molecule has 0 radical (unpaired) electrons. The summed E-state index contributed by atoms with van der Waals surface area (Å²) in [6.07, 6.45) is 0. The van der Waals surface area contributed by atoms with Crippen LogP contribution in [-0.4, -0.2) is 11.0 Å². The lowest BCUT2D eigenvalue weighted by Crippen LogP contribution is -2.12. The fourth-order valence-corrected chi connectivity index (χ4v) is 2.49. The van der Waals surface area contributed by atoms with Gasteiger partial charge in [0, 0.05) is 16.2 Å². The fraction of sp³-hybridized carbons (Fsp3) is 0.0714. The van der Waals surface area contributed by atoms with Crippen LogP contribution in [0.4, 0.5) is 8.78 Å². The first-order chi connectivity index (χ1) is 9.60. The molecule has 0 amide bonds. The maximum atomic E-state index is 13.4. The maximum absolute atomic E-state index is 13.4. The summed E-state index contributed by atoms with van der Waals surface area (Å²) in [7, 11) is 0. The van der Waals surface area contributed by atoms with Crippen molar-refractivity contribution in [1.29, 1.82) is 0 Å². The van der Waals surface area contributed by atoms with Crippen molar-refractivity contribution in [3.63, 3.8) is 0 Å². The Bertz CT molecular complexity index is 630. The van der Waals surface area contributed by atoms with Crippen molar-refractivity contribution in [2.45, 2.75) is 10.6 Å². The highest BCUT2D eigenvalue weighted by Crippen LogP contribution is 2.26. The molecule has 6 heteroatoms. The number of halogens is 2. The molecule has 104 valence electrons. The van der Waals surface area contributed by atoms with Crippen molar-refractivity contribution in [3.8, 4) is 0 Å². The smallest absolute Gasteiger partial charge is 0.170 e. The third kappa shape index (κ3) is 3.48. The van der Waals surface area contributed by atoms with E-state index in [1.54, 1.807) is 24.3 Å². The molecule has 0 spiro atoms. The molecule has 0 aromatic heterocycles. The van der Waals surface area contributed by atoms with Gasteiger partial charge in [-0.15, -0.1) is 11.8 Å². The molecule has 0 unspecified atom stereocenters. The van der Waals surface area contributed by atoms with Crippen LogP contribution < -0.4 is 5.73 Å². The molecular formula is C14H12F2N2OS. The van der Waals surface area contributed by atoms with Gasteiger partial charge in [0.1, 0.15) is 11.6 Å². The number of rotatable bonds is 4. The van der Waals surface area contributed by atoms with Gasteiger partial charge >= 0.3 is 0 Å². The van der Waals surface area contributed by atoms with Gasteiger partial charge in [0.05, 0.1) is 0 Å². The van der Waals surface area contributed by atoms with Crippen LogP contribution in [-0.2, 0) is 5.75 Å². The Morgan fingerprint density at radius 1 is 1.15 bits per heavy atom. The lowest BCUT2D eigenvalue weighted by atomic mass is 10.1. The number of benzene rings is 2. The predicted octanol–water partition coefficient (Wildman–Crippen LogP) is 3.35. The minimum Gasteiger partial charge on any atom is -0.409 e. The van der Waals surface area contributed by atoms with Crippen LogP contribution in [0.15, 0.2) is 52.5 Å². The Hall–Kier alpha value is -2.08. The highest BCUT2D eigenvalue weighted by molar-refractivity contribution is 7.98. The first kappa shape index (κ1) is 14.3. The summed E-state index contributed by atoms with van der Waals surface area (Å²) in [4.78, 5) is 0.269. The van der Waals surface area contributed by atoms with E-state index in [9.17, 15) is 8.78 Å². The van der Waals surface area contributed by atoms with Crippen molar-refractivity contribution in [2.75, 3.05) is 0 Å². The lowest BCUT2D eigenvalue weighted by molar-refractivity contribution is 0.318. The normalized spacial score (nSPS) is 11.6. The average Bonchev–Trinajstić information content (AvgIpc) is 2.48. The molecule has 3 N–H and O–H groups in total. The molecule has 2 rings (SSSR count). The largest absolute Gasteiger partial charge is 0.409 e. The SMILES string of the molecule is N/C(=N\O)c1ccc(CSc2cc(F)ccc2F)cc1. The minimum absolute atomic E-state index is 0.0281. The van der Waals surface area contributed by atoms with E-state index in [1.807, 2.05) is 0 Å². The molecule has 0 bridgehead atoms. The summed E-state index contributed by atoms with van der Waals surface area (Å²) in [5, 5.41) is 11.4. The second-order valence-corrected chi connectivity index (χ2v) is 5.06. The van der Waals surface area contributed by atoms with Crippen LogP contribution in [0.1, 0.15) is 11.1 Å². The summed E-state index contributed by atoms with van der Waals surface area (Å²) in [5.74, 6) is -0.377. The zero-order valence-corrected chi connectivity index (χ0v) is 11.2. The summed E-state index contributed by atoms with van der Waals surface area (Å²) in [6, 6.07) is 10.4. The number of hydrogen-bond donors (Lipinski definition) is 2. The van der Waals surface area contributed by atoms with Crippen molar-refractivity contribution >= 4 is 17.6 Å². The molecule has 0 aliphatic carbocycles. The van der Waals surface area contributed by atoms with Gasteiger partial charge in [0.15, 0.2) is 5.84 Å². The van der Waals surface area contributed by atoms with Gasteiger partial charge in [-0.25, -0.2) is 8.78 Å². The van der Waals surface area contributed by atoms with E-state index in [4.69, 9.17) is 10.9 Å². The number of thioether (sulfide) groups is 1. The Morgan fingerprint density at radius 3 is 2.50 bits per heavy atom. The summed E-state index contributed by atoms with van der Waals surface area (Å²) in [5.41, 5.74) is 6.97. The number of nitrogens with zero attached hydrogens (tertiary/aromatic N) is 1. The van der Waals surface area contributed by atoms with Crippen LogP contribution in [0.25, 0.3) is 0 Å². The van der Waals surface area contributed by atoms with Crippen LogP contribution >= 0.6 is 11.8 Å². The third-order valence-electron chi connectivity index (χ3n) is 2.65. The molecular weight excluding hydrogens is 282 g/mol. The van der Waals surface area contributed by atoms with Gasteiger partial charge in [-0.1, -0.05) is 29.4 Å². The van der Waals surface area contributed by atoms with Crippen molar-refractivity contribution in [1.82, 2.24) is 0 Å². The average molecular weight is 294 g/mol. The Kier molecular flexibility index (Phi) is 4.57. The molecule has 2 aromatic rings. The van der Waals surface area contributed by atoms with Gasteiger partial charge in [-0.2, -0.15) is 0 Å². The van der Waals surface area contributed by atoms with E-state index in [1.165, 1.54) is 17.8 Å². The summed E-state index contributed by atoms with van der Waals surface area (Å²) >= 11 is 1.21. The first-order valence-corrected chi connectivity index (χ1v) is 6.73. The van der Waals surface area contributed by atoms with Crippen molar-refractivity contribution in [3.05, 3.63) is 65.2 Å². The summed E-state index contributed by atoms with van der Waals surface area (Å²) < 4.78 is 26.5. The summed E-state index contributed by atoms with van der Waals surface area (Å²) in [6.45, 7) is 0. The maximum Gasteiger partial charge on any atom is 0.170 e. The van der Waals surface area contributed by atoms with Gasteiger partial charge < -0.3 is 10.9 Å². The fourth-order valence-electron chi connectivity index (χ4n) is 1.58. The van der Waals surface area contributed by atoms with Gasteiger partial charge in [-0.3, -0.25) is 0 Å². The lowest BCUT2D eigenvalue weighted by Gasteiger charge is -2.05. The quantitative estimate of drug-likeness (QED) is 0.299. The zero-order valence-electron chi connectivity index (χ0n) is 10.4. The standard InChI is InChI=1S/C14H12F2N2OS/c15-11-5-6-12(16)13(7-11)20-8-9-1-3-10(4-2-9)14(17)18-19/h1-7,19H,8H2,(H2,17,18). The number of hydrogen-bond acceptors (Lipinski definition) is 3. The molecule has 0 atom stereocenters. The molecule has 0 aliphatic rings. The van der Waals surface area contributed by atoms with E-state index in [2.05, 4.69) is 5.16 Å². The second-order valence-electron chi connectivity index (χ2n) is 4.05. The highest BCUT2D eigenvalue weighted by atomic mass is 32.2. The first-order valence-electron chi connectivity index (χ1n) is 5.75. The van der Waals surface area contributed by atoms with Crippen LogP contribution in [0.3, 0.4) is 0 Å². The van der Waals surface area contributed by atoms with Crippen LogP contribution in [0.2, 0.25) is 0 Å². The van der Waals surface area contributed by atoms with E-state index >= 15 is 0 Å². The molecule has 0 saturated heterocycles. The number of amidine groups is 1. The molecule has 0 fully saturated rings. The molecule has 0 heterocycles. The van der Waals surface area contributed by atoms with Gasteiger partial charge in [0.25, 0.3) is 0 Å². The number of nitrogens with two attached hydrogens (primary N) is 1. The topological polar surface area (TPSA) is 58.6 Å². The Labute approximate surface area is 119 Å². The van der Waals surface area contributed by atoms with E-state index in [-0.39, 0.29) is 10.7 Å². The Balaban J connectivity index is 2.06. The van der Waals surface area contributed by atoms with Crippen molar-refractivity contribution < 1.29 is 14.0 Å². The molecule has 3 nitrogen and oxygen atoms in total. The van der Waals surface area contributed by atoms with Crippen LogP contribution in [0, 0.1) is 11.6 Å². The zero-order chi connectivity index (χ0) is 14.5. The molecule has 2 aromatic carbocycles. The molecule has 0 aliphatic heterocycles. The Morgan fingerprint density at radius 2 is 1.85 bits per heavy atom. The van der Waals surface area contributed by atoms with Gasteiger partial charge in [-0.05, 0) is 23.8 Å². The predicted molar refractivity (Wildman–Crippen MR) is 74.9 cm³/mol. The van der Waals surface area contributed by atoms with Crippen molar-refractivity contribution in [2.24, 2.45) is 10.9 Å². The third-order valence-corrected chi connectivity index (χ3v) is 3.75. The number of oxime groups is 1. The minimum atomic E-state index is -0.462. The highest BCUT2D eigenvalue weighted by Gasteiger charge is 2.05. The molecule has 20 heavy (non-hydrogen) atoms. The molecule has 0 saturated carbocycles. The van der Waals surface area contributed by atoms with E-state index in [0.29, 0.717) is 11.3 Å². The van der Waals surface area contributed by atoms with Crippen LogP contribution in [0.5, 0.6) is 0 Å². The van der Waals surface area contributed by atoms with E-state index < -0.39 is 11.6 Å². The monoisotopic (exact) mass is 294 g/mol. The second kappa shape index (κ2) is 6.38.